The van der Waals surface area contributed by atoms with Crippen molar-refractivity contribution in [3.8, 4) is 0 Å². The molecule has 64 valence electrons. The fourth-order valence-electron chi connectivity index (χ4n) is 1.45. The summed E-state index contributed by atoms with van der Waals surface area (Å²) in [6, 6.07) is 8.46. The smallest absolute Gasteiger partial charge is 0.0804 e. The molecular weight excluding hydrogens is 170 g/mol. The second-order valence-corrected chi connectivity index (χ2v) is 4.23. The zero-order valence-corrected chi connectivity index (χ0v) is 7.51. The van der Waals surface area contributed by atoms with Gasteiger partial charge in [-0.25, -0.2) is 5.90 Å². The van der Waals surface area contributed by atoms with Crippen LogP contribution < -0.4 is 5.90 Å². The lowest BCUT2D eigenvalue weighted by molar-refractivity contribution is 0.139. The van der Waals surface area contributed by atoms with E-state index >= 15 is 0 Å². The number of hydrogen-bond acceptors (Lipinski definition) is 3. The van der Waals surface area contributed by atoms with Gasteiger partial charge in [-0.3, -0.25) is 0 Å². The summed E-state index contributed by atoms with van der Waals surface area (Å²) >= 11 is 1.86. The van der Waals surface area contributed by atoms with Crippen LogP contribution >= 0.6 is 11.8 Å². The second kappa shape index (κ2) is 3.47. The molecule has 1 heterocycles. The van der Waals surface area contributed by atoms with Crippen LogP contribution in [0.15, 0.2) is 29.2 Å². The van der Waals surface area contributed by atoms with E-state index in [0.717, 1.165) is 6.42 Å². The molecule has 2 rings (SSSR count). The first-order valence-electron chi connectivity index (χ1n) is 3.96. The summed E-state index contributed by atoms with van der Waals surface area (Å²) in [6.07, 6.45) is 1.08. The maximum Gasteiger partial charge on any atom is 0.0804 e. The number of thioether (sulfide) groups is 1. The zero-order chi connectivity index (χ0) is 8.39. The van der Waals surface area contributed by atoms with Crippen LogP contribution in [0.3, 0.4) is 0 Å². The third-order valence-corrected chi connectivity index (χ3v) is 3.28. The van der Waals surface area contributed by atoms with E-state index in [2.05, 4.69) is 29.1 Å². The van der Waals surface area contributed by atoms with Gasteiger partial charge in [-0.1, -0.05) is 18.2 Å². The number of hydrogen-bond donors (Lipinski definition) is 1. The highest BCUT2D eigenvalue weighted by Crippen LogP contribution is 2.36. The summed E-state index contributed by atoms with van der Waals surface area (Å²) in [4.78, 5) is 6.01. The van der Waals surface area contributed by atoms with E-state index in [0.29, 0.717) is 11.9 Å². The first-order valence-corrected chi connectivity index (χ1v) is 4.84. The van der Waals surface area contributed by atoms with Gasteiger partial charge < -0.3 is 4.84 Å². The second-order valence-electron chi connectivity index (χ2n) is 2.89. The monoisotopic (exact) mass is 181 g/mol. The average Bonchev–Trinajstić information content (AvgIpc) is 2.47. The highest BCUT2D eigenvalue weighted by Gasteiger charge is 2.21. The van der Waals surface area contributed by atoms with Crippen LogP contribution in [-0.4, -0.2) is 11.9 Å². The van der Waals surface area contributed by atoms with Gasteiger partial charge in [0.25, 0.3) is 0 Å². The highest BCUT2D eigenvalue weighted by molar-refractivity contribution is 8.00. The Balaban J connectivity index is 2.11. The first kappa shape index (κ1) is 8.10. The summed E-state index contributed by atoms with van der Waals surface area (Å²) in [6.45, 7) is 0.638. The highest BCUT2D eigenvalue weighted by atomic mass is 32.2. The van der Waals surface area contributed by atoms with Crippen molar-refractivity contribution in [2.75, 3.05) is 6.61 Å². The molecule has 12 heavy (non-hydrogen) atoms. The Kier molecular flexibility index (Phi) is 2.35. The number of nitrogens with two attached hydrogens (primary N) is 1. The Morgan fingerprint density at radius 2 is 2.33 bits per heavy atom. The number of fused-ring (bicyclic) bond motifs is 1. The predicted octanol–water partition coefficient (Wildman–Crippen LogP) is 1.59. The van der Waals surface area contributed by atoms with Gasteiger partial charge >= 0.3 is 0 Å². The van der Waals surface area contributed by atoms with Crippen molar-refractivity contribution < 1.29 is 4.84 Å². The van der Waals surface area contributed by atoms with E-state index in [1.165, 1.54) is 10.5 Å². The summed E-state index contributed by atoms with van der Waals surface area (Å²) < 4.78 is 0. The molecule has 0 bridgehead atoms. The molecule has 0 saturated heterocycles. The Morgan fingerprint density at radius 1 is 1.50 bits per heavy atom. The van der Waals surface area contributed by atoms with Crippen molar-refractivity contribution in [1.82, 2.24) is 0 Å². The molecule has 2 N–H and O–H groups in total. The summed E-state index contributed by atoms with van der Waals surface area (Å²) in [5, 5.41) is 0.507. The van der Waals surface area contributed by atoms with Crippen LogP contribution in [0.4, 0.5) is 0 Å². The lowest BCUT2D eigenvalue weighted by Gasteiger charge is -2.03. The van der Waals surface area contributed by atoms with Gasteiger partial charge in [0.2, 0.25) is 0 Å². The van der Waals surface area contributed by atoms with Crippen LogP contribution in [0.5, 0.6) is 0 Å². The Hall–Kier alpha value is -0.510. The lowest BCUT2D eigenvalue weighted by Crippen LogP contribution is -2.13. The van der Waals surface area contributed by atoms with Crippen LogP contribution in [-0.2, 0) is 11.3 Å². The van der Waals surface area contributed by atoms with Crippen molar-refractivity contribution in [3.05, 3.63) is 29.8 Å². The minimum Gasteiger partial charge on any atom is -0.303 e. The van der Waals surface area contributed by atoms with Gasteiger partial charge in [0, 0.05) is 10.1 Å². The quantitative estimate of drug-likeness (QED) is 0.704. The van der Waals surface area contributed by atoms with Crippen molar-refractivity contribution in [2.24, 2.45) is 5.90 Å². The van der Waals surface area contributed by atoms with Crippen molar-refractivity contribution >= 4 is 11.8 Å². The van der Waals surface area contributed by atoms with Gasteiger partial charge in [-0.2, -0.15) is 0 Å². The molecule has 1 unspecified atom stereocenters. The molecule has 1 aromatic rings. The third-order valence-electron chi connectivity index (χ3n) is 2.00. The third kappa shape index (κ3) is 1.48. The molecule has 0 amide bonds. The molecule has 0 radical (unpaired) electrons. The maximum atomic E-state index is 5.03. The molecule has 0 aromatic heterocycles. The minimum absolute atomic E-state index is 0.507. The van der Waals surface area contributed by atoms with E-state index < -0.39 is 0 Å². The van der Waals surface area contributed by atoms with E-state index in [1.54, 1.807) is 0 Å². The first-order chi connectivity index (χ1) is 5.90. The molecule has 1 aliphatic rings. The van der Waals surface area contributed by atoms with Gasteiger partial charge in [-0.15, -0.1) is 11.8 Å². The van der Waals surface area contributed by atoms with Gasteiger partial charge in [0.15, 0.2) is 0 Å². The van der Waals surface area contributed by atoms with E-state index in [4.69, 9.17) is 5.90 Å². The van der Waals surface area contributed by atoms with E-state index in [1.807, 2.05) is 11.8 Å². The van der Waals surface area contributed by atoms with Crippen molar-refractivity contribution in [3.63, 3.8) is 0 Å². The fraction of sp³-hybridized carbons (Fsp3) is 0.333. The fourth-order valence-corrected chi connectivity index (χ4v) is 2.68. The molecule has 1 aromatic carbocycles. The standard InChI is InChI=1S/C9H11NOS/c10-11-6-8-5-7-3-1-2-4-9(7)12-8/h1-4,8H,5-6,10H2. The van der Waals surface area contributed by atoms with E-state index in [9.17, 15) is 0 Å². The summed E-state index contributed by atoms with van der Waals surface area (Å²) in [5.74, 6) is 5.03. The largest absolute Gasteiger partial charge is 0.303 e. The minimum atomic E-state index is 0.507. The van der Waals surface area contributed by atoms with Crippen LogP contribution in [0.2, 0.25) is 0 Å². The van der Waals surface area contributed by atoms with E-state index in [-0.39, 0.29) is 0 Å². The molecule has 1 atom stereocenters. The molecule has 0 aliphatic carbocycles. The van der Waals surface area contributed by atoms with Crippen molar-refractivity contribution in [1.29, 1.82) is 0 Å². The topological polar surface area (TPSA) is 35.2 Å². The normalized spacial score (nSPS) is 20.9. The summed E-state index contributed by atoms with van der Waals surface area (Å²) in [7, 11) is 0. The van der Waals surface area contributed by atoms with Gasteiger partial charge in [0.1, 0.15) is 0 Å². The Bertz CT molecular complexity index is 252. The van der Waals surface area contributed by atoms with Gasteiger partial charge in [0.05, 0.1) is 6.61 Å². The molecule has 0 fully saturated rings. The molecule has 1 aliphatic heterocycles. The average molecular weight is 181 g/mol. The van der Waals surface area contributed by atoms with Gasteiger partial charge in [-0.05, 0) is 18.1 Å². The summed E-state index contributed by atoms with van der Waals surface area (Å²) in [5.41, 5.74) is 1.42. The Labute approximate surface area is 76.1 Å². The zero-order valence-electron chi connectivity index (χ0n) is 6.69. The SMILES string of the molecule is NOCC1Cc2ccccc2S1. The Morgan fingerprint density at radius 3 is 3.08 bits per heavy atom. The predicted molar refractivity (Wildman–Crippen MR) is 49.9 cm³/mol. The molecule has 2 nitrogen and oxygen atoms in total. The van der Waals surface area contributed by atoms with Crippen molar-refractivity contribution in [2.45, 2.75) is 16.6 Å². The molecule has 3 heteroatoms. The lowest BCUT2D eigenvalue weighted by atomic mass is 10.1. The van der Waals surface area contributed by atoms with Crippen LogP contribution in [0.1, 0.15) is 5.56 Å². The number of rotatable bonds is 2. The van der Waals surface area contributed by atoms with Crippen LogP contribution in [0.25, 0.3) is 0 Å². The number of benzene rings is 1. The molecular formula is C9H11NOS. The maximum absolute atomic E-state index is 5.03. The molecule has 0 spiro atoms. The molecule has 0 saturated carbocycles. The van der Waals surface area contributed by atoms with Crippen LogP contribution in [0, 0.1) is 0 Å².